The molecular weight excluding hydrogens is 437 g/mol. The number of esters is 1. The van der Waals surface area contributed by atoms with Gasteiger partial charge in [0.05, 0.1) is 29.3 Å². The smallest absolute Gasteiger partial charge is 0.310 e. The first-order valence-corrected chi connectivity index (χ1v) is 10.4. The molecule has 0 fully saturated rings. The van der Waals surface area contributed by atoms with Crippen molar-refractivity contribution in [3.05, 3.63) is 93.5 Å². The van der Waals surface area contributed by atoms with E-state index in [-0.39, 0.29) is 24.9 Å². The molecule has 0 aliphatic rings. The highest BCUT2D eigenvalue weighted by atomic mass is 35.5. The maximum atomic E-state index is 12.9. The fourth-order valence-electron chi connectivity index (χ4n) is 2.91. The Hall–Kier alpha value is -3.02. The number of ether oxygens (including phenoxy) is 2. The molecule has 5 nitrogen and oxygen atoms in total. The average molecular weight is 458 g/mol. The van der Waals surface area contributed by atoms with E-state index in [0.29, 0.717) is 39.2 Å². The summed E-state index contributed by atoms with van der Waals surface area (Å²) in [4.78, 5) is 24.5. The Morgan fingerprint density at radius 2 is 1.74 bits per heavy atom. The van der Waals surface area contributed by atoms with Gasteiger partial charge in [0, 0.05) is 5.02 Å². The molecule has 7 heteroatoms. The summed E-state index contributed by atoms with van der Waals surface area (Å²) >= 11 is 12.3. The largest absolute Gasteiger partial charge is 0.488 e. The normalized spacial score (nSPS) is 10.4. The van der Waals surface area contributed by atoms with Crippen molar-refractivity contribution in [2.24, 2.45) is 0 Å². The van der Waals surface area contributed by atoms with Crippen LogP contribution in [0.5, 0.6) is 5.75 Å². The summed E-state index contributed by atoms with van der Waals surface area (Å²) in [5.74, 6) is -0.252. The average Bonchev–Trinajstić information content (AvgIpc) is 2.74. The standard InChI is InChI=1S/C24H21Cl2NO4/c1-2-30-23(28)14-16-10-11-21(20(26)13-16)27-24(29)19-8-3-4-9-22(19)31-15-17-6-5-7-18(25)12-17/h3-13H,2,14-15H2,1H3,(H,27,29). The lowest BCUT2D eigenvalue weighted by molar-refractivity contribution is -0.142. The van der Waals surface area contributed by atoms with Crippen molar-refractivity contribution in [2.75, 3.05) is 11.9 Å². The molecule has 31 heavy (non-hydrogen) atoms. The van der Waals surface area contributed by atoms with Crippen LogP contribution in [0.1, 0.15) is 28.4 Å². The van der Waals surface area contributed by atoms with Crippen LogP contribution < -0.4 is 10.1 Å². The van der Waals surface area contributed by atoms with E-state index in [9.17, 15) is 9.59 Å². The second-order valence-corrected chi connectivity index (χ2v) is 7.51. The van der Waals surface area contributed by atoms with E-state index in [1.165, 1.54) is 0 Å². The van der Waals surface area contributed by atoms with Crippen molar-refractivity contribution in [3.8, 4) is 5.75 Å². The predicted molar refractivity (Wildman–Crippen MR) is 122 cm³/mol. The Balaban J connectivity index is 1.70. The number of anilines is 1. The van der Waals surface area contributed by atoms with Gasteiger partial charge in [-0.3, -0.25) is 9.59 Å². The first-order chi connectivity index (χ1) is 15.0. The van der Waals surface area contributed by atoms with Crippen LogP contribution in [0.2, 0.25) is 10.0 Å². The van der Waals surface area contributed by atoms with Crippen molar-refractivity contribution in [1.82, 2.24) is 0 Å². The van der Waals surface area contributed by atoms with Crippen molar-refractivity contribution in [2.45, 2.75) is 20.0 Å². The van der Waals surface area contributed by atoms with E-state index in [2.05, 4.69) is 5.32 Å². The molecule has 3 aromatic carbocycles. The molecule has 0 radical (unpaired) electrons. The second-order valence-electron chi connectivity index (χ2n) is 6.66. The molecule has 0 saturated heterocycles. The monoisotopic (exact) mass is 457 g/mol. The van der Waals surface area contributed by atoms with Crippen LogP contribution in [0, 0.1) is 0 Å². The zero-order valence-electron chi connectivity index (χ0n) is 16.9. The molecule has 0 saturated carbocycles. The Kier molecular flexibility index (Phi) is 7.93. The van der Waals surface area contributed by atoms with Crippen molar-refractivity contribution < 1.29 is 19.1 Å². The van der Waals surface area contributed by atoms with Crippen LogP contribution in [0.3, 0.4) is 0 Å². The molecule has 0 atom stereocenters. The quantitative estimate of drug-likeness (QED) is 0.425. The summed E-state index contributed by atoms with van der Waals surface area (Å²) in [6.07, 6.45) is 0.113. The number of amides is 1. The van der Waals surface area contributed by atoms with E-state index in [4.69, 9.17) is 32.7 Å². The van der Waals surface area contributed by atoms with Crippen LogP contribution in [0.4, 0.5) is 5.69 Å². The summed E-state index contributed by atoms with van der Waals surface area (Å²) in [5.41, 5.74) is 2.40. The summed E-state index contributed by atoms with van der Waals surface area (Å²) in [7, 11) is 0. The Morgan fingerprint density at radius 1 is 0.935 bits per heavy atom. The number of nitrogens with one attached hydrogen (secondary N) is 1. The number of hydrogen-bond donors (Lipinski definition) is 1. The minimum absolute atomic E-state index is 0.113. The van der Waals surface area contributed by atoms with Crippen LogP contribution in [0.15, 0.2) is 66.7 Å². The Labute approximate surface area is 190 Å². The number of benzene rings is 3. The van der Waals surface area contributed by atoms with Gasteiger partial charge < -0.3 is 14.8 Å². The first-order valence-electron chi connectivity index (χ1n) is 9.68. The molecule has 3 aromatic rings. The molecule has 0 bridgehead atoms. The lowest BCUT2D eigenvalue weighted by Crippen LogP contribution is -2.14. The number of rotatable bonds is 8. The number of carbonyl (C=O) groups is 2. The van der Waals surface area contributed by atoms with Crippen LogP contribution in [-0.2, 0) is 22.6 Å². The van der Waals surface area contributed by atoms with E-state index in [1.807, 2.05) is 18.2 Å². The number of halogens is 2. The molecule has 0 aromatic heterocycles. The molecule has 1 amide bonds. The van der Waals surface area contributed by atoms with E-state index in [1.54, 1.807) is 55.5 Å². The topological polar surface area (TPSA) is 64.6 Å². The number of para-hydroxylation sites is 1. The lowest BCUT2D eigenvalue weighted by Gasteiger charge is -2.13. The summed E-state index contributed by atoms with van der Waals surface area (Å²) in [5, 5.41) is 3.74. The van der Waals surface area contributed by atoms with Crippen molar-refractivity contribution in [1.29, 1.82) is 0 Å². The van der Waals surface area contributed by atoms with Crippen molar-refractivity contribution in [3.63, 3.8) is 0 Å². The molecule has 3 rings (SSSR count). The second kappa shape index (κ2) is 10.8. The minimum Gasteiger partial charge on any atom is -0.488 e. The maximum absolute atomic E-state index is 12.9. The molecule has 1 N–H and O–H groups in total. The predicted octanol–water partition coefficient (Wildman–Crippen LogP) is 5.93. The van der Waals surface area contributed by atoms with Gasteiger partial charge in [-0.2, -0.15) is 0 Å². The third kappa shape index (κ3) is 6.48. The third-order valence-electron chi connectivity index (χ3n) is 4.35. The first kappa shape index (κ1) is 22.7. The zero-order chi connectivity index (χ0) is 22.2. The molecule has 160 valence electrons. The fraction of sp³-hybridized carbons (Fsp3) is 0.167. The molecule has 0 spiro atoms. The lowest BCUT2D eigenvalue weighted by atomic mass is 10.1. The highest BCUT2D eigenvalue weighted by Gasteiger charge is 2.15. The maximum Gasteiger partial charge on any atom is 0.310 e. The van der Waals surface area contributed by atoms with Gasteiger partial charge in [0.15, 0.2) is 0 Å². The minimum atomic E-state index is -0.360. The molecule has 0 aliphatic carbocycles. The van der Waals surface area contributed by atoms with Gasteiger partial charge in [-0.05, 0) is 54.4 Å². The molecular formula is C24H21Cl2NO4. The fourth-order valence-corrected chi connectivity index (χ4v) is 3.37. The van der Waals surface area contributed by atoms with Gasteiger partial charge in [-0.1, -0.05) is 53.5 Å². The van der Waals surface area contributed by atoms with Crippen LogP contribution >= 0.6 is 23.2 Å². The van der Waals surface area contributed by atoms with Gasteiger partial charge in [0.25, 0.3) is 5.91 Å². The van der Waals surface area contributed by atoms with E-state index in [0.717, 1.165) is 5.56 Å². The zero-order valence-corrected chi connectivity index (χ0v) is 18.4. The Bertz CT molecular complexity index is 1080. The van der Waals surface area contributed by atoms with E-state index < -0.39 is 0 Å². The van der Waals surface area contributed by atoms with Crippen molar-refractivity contribution >= 4 is 40.8 Å². The van der Waals surface area contributed by atoms with Gasteiger partial charge in [-0.25, -0.2) is 0 Å². The van der Waals surface area contributed by atoms with Gasteiger partial charge in [0.2, 0.25) is 0 Å². The van der Waals surface area contributed by atoms with Crippen LogP contribution in [-0.4, -0.2) is 18.5 Å². The number of hydrogen-bond acceptors (Lipinski definition) is 4. The Morgan fingerprint density at radius 3 is 2.48 bits per heavy atom. The number of carbonyl (C=O) groups excluding carboxylic acids is 2. The third-order valence-corrected chi connectivity index (χ3v) is 4.90. The van der Waals surface area contributed by atoms with E-state index >= 15 is 0 Å². The molecule has 0 heterocycles. The molecule has 0 aliphatic heterocycles. The summed E-state index contributed by atoms with van der Waals surface area (Å²) in [6.45, 7) is 2.34. The van der Waals surface area contributed by atoms with Gasteiger partial charge in [0.1, 0.15) is 12.4 Å². The van der Waals surface area contributed by atoms with Crippen LogP contribution in [0.25, 0.3) is 0 Å². The van der Waals surface area contributed by atoms with Gasteiger partial charge in [-0.15, -0.1) is 0 Å². The van der Waals surface area contributed by atoms with Gasteiger partial charge >= 0.3 is 5.97 Å². The highest BCUT2D eigenvalue weighted by Crippen LogP contribution is 2.26. The summed E-state index contributed by atoms with van der Waals surface area (Å²) in [6, 6.07) is 19.3. The SMILES string of the molecule is CCOC(=O)Cc1ccc(NC(=O)c2ccccc2OCc2cccc(Cl)c2)c(Cl)c1. The summed E-state index contributed by atoms with van der Waals surface area (Å²) < 4.78 is 10.8. The highest BCUT2D eigenvalue weighted by molar-refractivity contribution is 6.34. The molecule has 0 unspecified atom stereocenters.